The summed E-state index contributed by atoms with van der Waals surface area (Å²) in [5.74, 6) is 2.17. The number of para-hydroxylation sites is 1. The number of hydrogen-bond donors (Lipinski definition) is 2. The summed E-state index contributed by atoms with van der Waals surface area (Å²) in [5, 5.41) is 6.36. The molecule has 0 aliphatic carbocycles. The van der Waals surface area contributed by atoms with Crippen LogP contribution in [0.4, 0.5) is 5.69 Å². The zero-order valence-corrected chi connectivity index (χ0v) is 19.3. The highest BCUT2D eigenvalue weighted by atomic mass is 127. The van der Waals surface area contributed by atoms with Gasteiger partial charge in [0.25, 0.3) is 0 Å². The van der Waals surface area contributed by atoms with Gasteiger partial charge < -0.3 is 25.0 Å². The maximum Gasteiger partial charge on any atom is 0.246 e. The first kappa shape index (κ1) is 22.2. The smallest absolute Gasteiger partial charge is 0.246 e. The van der Waals surface area contributed by atoms with Crippen molar-refractivity contribution >= 4 is 41.5 Å². The van der Waals surface area contributed by atoms with Gasteiger partial charge in [0.1, 0.15) is 0 Å². The molecule has 2 aromatic carbocycles. The maximum atomic E-state index is 12.8. The highest BCUT2D eigenvalue weighted by Crippen LogP contribution is 2.32. The molecular formula is C22H27IN4O3. The molecule has 2 aliphatic rings. The van der Waals surface area contributed by atoms with Gasteiger partial charge in [-0.15, -0.1) is 24.0 Å². The second-order valence-corrected chi connectivity index (χ2v) is 7.01. The van der Waals surface area contributed by atoms with Crippen LogP contribution in [-0.2, 0) is 17.8 Å². The van der Waals surface area contributed by atoms with Gasteiger partial charge in [-0.2, -0.15) is 0 Å². The summed E-state index contributed by atoms with van der Waals surface area (Å²) in [7, 11) is 0. The average Bonchev–Trinajstić information content (AvgIpc) is 3.23. The summed E-state index contributed by atoms with van der Waals surface area (Å²) in [6.45, 7) is 4.40. The number of amides is 1. The average molecular weight is 522 g/mol. The molecular weight excluding hydrogens is 495 g/mol. The molecule has 8 heteroatoms. The molecule has 2 N–H and O–H groups in total. The second-order valence-electron chi connectivity index (χ2n) is 7.01. The normalized spacial score (nSPS) is 14.6. The number of rotatable bonds is 5. The van der Waals surface area contributed by atoms with Crippen LogP contribution in [0.2, 0.25) is 0 Å². The van der Waals surface area contributed by atoms with E-state index in [9.17, 15) is 4.79 Å². The number of nitrogens with one attached hydrogen (secondary N) is 2. The van der Waals surface area contributed by atoms with E-state index in [0.717, 1.165) is 42.1 Å². The Balaban J connectivity index is 0.00000256. The van der Waals surface area contributed by atoms with Gasteiger partial charge in [0.15, 0.2) is 17.5 Å². The minimum absolute atomic E-state index is 0. The van der Waals surface area contributed by atoms with Crippen LogP contribution in [0.3, 0.4) is 0 Å². The highest BCUT2D eigenvalue weighted by Gasteiger charge is 2.22. The van der Waals surface area contributed by atoms with Crippen LogP contribution in [0.25, 0.3) is 0 Å². The fourth-order valence-corrected chi connectivity index (χ4v) is 3.60. The lowest BCUT2D eigenvalue weighted by molar-refractivity contribution is -0.117. The number of hydrogen-bond acceptors (Lipinski definition) is 4. The molecule has 160 valence electrons. The molecule has 7 nitrogen and oxygen atoms in total. The number of nitrogens with zero attached hydrogens (tertiary/aromatic N) is 2. The molecule has 2 heterocycles. The summed E-state index contributed by atoms with van der Waals surface area (Å²) >= 11 is 0. The van der Waals surface area contributed by atoms with Gasteiger partial charge >= 0.3 is 0 Å². The van der Waals surface area contributed by atoms with Crippen LogP contribution in [0.5, 0.6) is 11.5 Å². The van der Waals surface area contributed by atoms with Gasteiger partial charge in [-0.3, -0.25) is 4.79 Å². The van der Waals surface area contributed by atoms with Crippen molar-refractivity contribution in [3.05, 3.63) is 53.6 Å². The maximum absolute atomic E-state index is 12.8. The van der Waals surface area contributed by atoms with E-state index < -0.39 is 0 Å². The minimum atomic E-state index is 0. The number of ether oxygens (including phenoxy) is 2. The van der Waals surface area contributed by atoms with E-state index in [0.29, 0.717) is 19.0 Å². The first-order valence-electron chi connectivity index (χ1n) is 10.0. The fourth-order valence-electron chi connectivity index (χ4n) is 3.60. The first-order valence-corrected chi connectivity index (χ1v) is 10.0. The summed E-state index contributed by atoms with van der Waals surface area (Å²) in [4.78, 5) is 19.3. The Hall–Kier alpha value is -2.49. The number of benzene rings is 2. The van der Waals surface area contributed by atoms with Crippen LogP contribution in [-0.4, -0.2) is 38.3 Å². The SMILES string of the molecule is CCNC(=NCc1ccc2c(c1)OCO2)NCC(=O)N1CCCc2ccccc21.I. The standard InChI is InChI=1S/C22H26N4O3.HI/c1-2-23-22(24-13-16-9-10-19-20(12-16)29-15-28-19)25-14-21(27)26-11-5-7-17-6-3-4-8-18(17)26;/h3-4,6,8-10,12H,2,5,7,11,13-15H2,1H3,(H2,23,24,25);1H. The van der Waals surface area contributed by atoms with Crippen LogP contribution < -0.4 is 25.0 Å². The molecule has 0 fully saturated rings. The van der Waals surface area contributed by atoms with Crippen molar-refractivity contribution in [3.8, 4) is 11.5 Å². The Bertz CT molecular complexity index is 919. The monoisotopic (exact) mass is 522 g/mol. The van der Waals surface area contributed by atoms with Crippen LogP contribution in [0, 0.1) is 0 Å². The number of carbonyl (C=O) groups is 1. The number of carbonyl (C=O) groups excluding carboxylic acids is 1. The zero-order chi connectivity index (χ0) is 20.1. The quantitative estimate of drug-likeness (QED) is 0.359. The molecule has 1 amide bonds. The highest BCUT2D eigenvalue weighted by molar-refractivity contribution is 14.0. The van der Waals surface area contributed by atoms with E-state index in [1.165, 1.54) is 5.56 Å². The Morgan fingerprint density at radius 1 is 1.13 bits per heavy atom. The third-order valence-electron chi connectivity index (χ3n) is 5.02. The van der Waals surface area contributed by atoms with Crippen LogP contribution >= 0.6 is 24.0 Å². The molecule has 0 unspecified atom stereocenters. The van der Waals surface area contributed by atoms with Crippen molar-refractivity contribution < 1.29 is 14.3 Å². The number of fused-ring (bicyclic) bond motifs is 2. The Labute approximate surface area is 193 Å². The van der Waals surface area contributed by atoms with Crippen molar-refractivity contribution in [1.29, 1.82) is 0 Å². The molecule has 0 atom stereocenters. The van der Waals surface area contributed by atoms with E-state index in [1.807, 2.05) is 48.2 Å². The molecule has 0 saturated heterocycles. The number of halogens is 1. The molecule has 2 aliphatic heterocycles. The van der Waals surface area contributed by atoms with E-state index in [4.69, 9.17) is 9.47 Å². The lowest BCUT2D eigenvalue weighted by Gasteiger charge is -2.29. The number of aryl methyl sites for hydroxylation is 1. The lowest BCUT2D eigenvalue weighted by atomic mass is 10.0. The molecule has 0 aromatic heterocycles. The minimum Gasteiger partial charge on any atom is -0.454 e. The summed E-state index contributed by atoms with van der Waals surface area (Å²) in [6, 6.07) is 13.9. The van der Waals surface area contributed by atoms with Crippen LogP contribution in [0.1, 0.15) is 24.5 Å². The summed E-state index contributed by atoms with van der Waals surface area (Å²) in [6.07, 6.45) is 2.01. The molecule has 0 radical (unpaired) electrons. The zero-order valence-electron chi connectivity index (χ0n) is 17.0. The van der Waals surface area contributed by atoms with Gasteiger partial charge in [-0.1, -0.05) is 24.3 Å². The third kappa shape index (κ3) is 5.16. The largest absolute Gasteiger partial charge is 0.454 e. The number of guanidine groups is 1. The number of aliphatic imine (C=N–C) groups is 1. The van der Waals surface area contributed by atoms with Crippen molar-refractivity contribution in [3.63, 3.8) is 0 Å². The predicted octanol–water partition coefficient (Wildman–Crippen LogP) is 3.07. The molecule has 4 rings (SSSR count). The van der Waals surface area contributed by atoms with Crippen molar-refractivity contribution in [2.24, 2.45) is 4.99 Å². The Morgan fingerprint density at radius 2 is 1.97 bits per heavy atom. The second kappa shape index (κ2) is 10.5. The summed E-state index contributed by atoms with van der Waals surface area (Å²) < 4.78 is 10.8. The summed E-state index contributed by atoms with van der Waals surface area (Å²) in [5.41, 5.74) is 3.27. The van der Waals surface area contributed by atoms with Gasteiger partial charge in [0.05, 0.1) is 13.1 Å². The topological polar surface area (TPSA) is 75.2 Å². The number of anilines is 1. The van der Waals surface area contributed by atoms with Crippen LogP contribution in [0.15, 0.2) is 47.5 Å². The van der Waals surface area contributed by atoms with E-state index >= 15 is 0 Å². The molecule has 30 heavy (non-hydrogen) atoms. The van der Waals surface area contributed by atoms with Crippen molar-refractivity contribution in [2.45, 2.75) is 26.3 Å². The van der Waals surface area contributed by atoms with Gasteiger partial charge in [0, 0.05) is 18.8 Å². The van der Waals surface area contributed by atoms with Crippen molar-refractivity contribution in [2.75, 3.05) is 31.3 Å². The molecule has 0 spiro atoms. The first-order chi connectivity index (χ1) is 14.2. The molecule has 2 aromatic rings. The fraction of sp³-hybridized carbons (Fsp3) is 0.364. The molecule has 0 bridgehead atoms. The van der Waals surface area contributed by atoms with E-state index in [2.05, 4.69) is 21.7 Å². The van der Waals surface area contributed by atoms with E-state index in [-0.39, 0.29) is 43.2 Å². The Kier molecular flexibility index (Phi) is 7.78. The Morgan fingerprint density at radius 3 is 2.83 bits per heavy atom. The third-order valence-corrected chi connectivity index (χ3v) is 5.02. The molecule has 0 saturated carbocycles. The van der Waals surface area contributed by atoms with Gasteiger partial charge in [0.2, 0.25) is 12.7 Å². The van der Waals surface area contributed by atoms with E-state index in [1.54, 1.807) is 0 Å². The van der Waals surface area contributed by atoms with Gasteiger partial charge in [-0.25, -0.2) is 4.99 Å². The van der Waals surface area contributed by atoms with Crippen molar-refractivity contribution in [1.82, 2.24) is 10.6 Å². The predicted molar refractivity (Wildman–Crippen MR) is 128 cm³/mol. The lowest BCUT2D eigenvalue weighted by Crippen LogP contribution is -2.46. The van der Waals surface area contributed by atoms with Gasteiger partial charge in [-0.05, 0) is 49.1 Å².